The molecule has 29 heavy (non-hydrogen) atoms. The van der Waals surface area contributed by atoms with E-state index in [-0.39, 0.29) is 10.6 Å². The van der Waals surface area contributed by atoms with E-state index >= 15 is 0 Å². The van der Waals surface area contributed by atoms with Crippen LogP contribution in [0.3, 0.4) is 0 Å². The minimum Gasteiger partial charge on any atom is -0.481 e. The maximum Gasteiger partial charge on any atom is 0.416 e. The average molecular weight is 467 g/mol. The summed E-state index contributed by atoms with van der Waals surface area (Å²) >= 11 is 18.7. The summed E-state index contributed by atoms with van der Waals surface area (Å²) in [5, 5.41) is 10.1. The van der Waals surface area contributed by atoms with Crippen LogP contribution in [0.25, 0.3) is 0 Å². The Morgan fingerprint density at radius 1 is 1.00 bits per heavy atom. The number of nitrogens with zero attached hydrogens (tertiary/aromatic N) is 1. The molecule has 0 bridgehead atoms. The van der Waals surface area contributed by atoms with Crippen molar-refractivity contribution in [2.45, 2.75) is 25.1 Å². The van der Waals surface area contributed by atoms with Gasteiger partial charge in [0.2, 0.25) is 0 Å². The summed E-state index contributed by atoms with van der Waals surface area (Å²) in [6, 6.07) is 7.32. The van der Waals surface area contributed by atoms with Crippen molar-refractivity contribution in [3.05, 3.63) is 68.2 Å². The highest BCUT2D eigenvalue weighted by atomic mass is 35.5. The van der Waals surface area contributed by atoms with Crippen LogP contribution in [-0.2, 0) is 11.0 Å². The second-order valence-corrected chi connectivity index (χ2v) is 8.20. The smallest absolute Gasteiger partial charge is 0.416 e. The summed E-state index contributed by atoms with van der Waals surface area (Å²) < 4.78 is 39.9. The fourth-order valence-corrected chi connectivity index (χ4v) is 4.35. The van der Waals surface area contributed by atoms with Gasteiger partial charge in [-0.25, -0.2) is 0 Å². The Hall–Kier alpha value is -1.47. The fraction of sp³-hybridized carbons (Fsp3) is 0.350. The zero-order valence-electron chi connectivity index (χ0n) is 15.0. The predicted molar refractivity (Wildman–Crippen MR) is 107 cm³/mol. The molecule has 0 spiro atoms. The van der Waals surface area contributed by atoms with E-state index in [9.17, 15) is 23.1 Å². The lowest BCUT2D eigenvalue weighted by atomic mass is 9.90. The van der Waals surface area contributed by atoms with Crippen molar-refractivity contribution in [2.75, 3.05) is 13.1 Å². The molecule has 1 aliphatic rings. The molecule has 1 fully saturated rings. The standard InChI is InChI=1S/C20H17Cl3F3NO2/c21-13-2-3-14(17(23)10-13)18(27-7-5-11(6-8-27)19(28)29)15-9-12(20(24,25)26)1-4-16(15)22/h1-4,9-11,18H,5-8H2,(H,28,29). The zero-order valence-corrected chi connectivity index (χ0v) is 17.3. The van der Waals surface area contributed by atoms with Crippen molar-refractivity contribution in [1.82, 2.24) is 4.90 Å². The number of piperidine rings is 1. The van der Waals surface area contributed by atoms with Crippen LogP contribution in [-0.4, -0.2) is 29.1 Å². The summed E-state index contributed by atoms with van der Waals surface area (Å²) in [6.45, 7) is 0.764. The summed E-state index contributed by atoms with van der Waals surface area (Å²) in [6.07, 6.45) is -3.76. The number of likely N-dealkylation sites (tertiary alicyclic amines) is 1. The number of alkyl halides is 3. The molecule has 9 heteroatoms. The molecule has 3 nitrogen and oxygen atoms in total. The van der Waals surface area contributed by atoms with Crippen molar-refractivity contribution in [3.8, 4) is 0 Å². The number of aliphatic carboxylic acids is 1. The van der Waals surface area contributed by atoms with Gasteiger partial charge in [-0.3, -0.25) is 9.69 Å². The van der Waals surface area contributed by atoms with Crippen molar-refractivity contribution in [2.24, 2.45) is 5.92 Å². The van der Waals surface area contributed by atoms with Crippen molar-refractivity contribution < 1.29 is 23.1 Å². The number of carboxylic acid groups (broad SMARTS) is 1. The lowest BCUT2D eigenvalue weighted by Crippen LogP contribution is -2.39. The first-order valence-electron chi connectivity index (χ1n) is 8.86. The van der Waals surface area contributed by atoms with Gasteiger partial charge in [0.05, 0.1) is 17.5 Å². The van der Waals surface area contributed by atoms with Crippen LogP contribution in [0, 0.1) is 5.92 Å². The molecule has 0 amide bonds. The number of rotatable bonds is 4. The Morgan fingerprint density at radius 3 is 2.21 bits per heavy atom. The number of carboxylic acids is 1. The van der Waals surface area contributed by atoms with Crippen molar-refractivity contribution >= 4 is 40.8 Å². The molecule has 3 rings (SSSR count). The van der Waals surface area contributed by atoms with Crippen LogP contribution in [0.1, 0.15) is 35.6 Å². The lowest BCUT2D eigenvalue weighted by Gasteiger charge is -2.38. The van der Waals surface area contributed by atoms with Gasteiger partial charge in [0.15, 0.2) is 0 Å². The highest BCUT2D eigenvalue weighted by Gasteiger charge is 2.35. The maximum atomic E-state index is 13.3. The summed E-state index contributed by atoms with van der Waals surface area (Å²) in [7, 11) is 0. The van der Waals surface area contributed by atoms with Crippen LogP contribution < -0.4 is 0 Å². The van der Waals surface area contributed by atoms with Gasteiger partial charge < -0.3 is 5.11 Å². The average Bonchev–Trinajstić information content (AvgIpc) is 2.64. The second kappa shape index (κ2) is 8.72. The molecule has 0 aliphatic carbocycles. The lowest BCUT2D eigenvalue weighted by molar-refractivity contribution is -0.143. The van der Waals surface area contributed by atoms with Gasteiger partial charge in [0.25, 0.3) is 0 Å². The highest BCUT2D eigenvalue weighted by molar-refractivity contribution is 6.35. The molecular weight excluding hydrogens is 450 g/mol. The number of hydrogen-bond donors (Lipinski definition) is 1. The number of benzene rings is 2. The van der Waals surface area contributed by atoms with Gasteiger partial charge in [0.1, 0.15) is 0 Å². The molecule has 156 valence electrons. The Labute approximate surface area is 181 Å². The number of halogens is 6. The molecule has 1 unspecified atom stereocenters. The van der Waals surface area contributed by atoms with Gasteiger partial charge in [-0.15, -0.1) is 0 Å². The van der Waals surface area contributed by atoms with Gasteiger partial charge >= 0.3 is 12.1 Å². The largest absolute Gasteiger partial charge is 0.481 e. The van der Waals surface area contributed by atoms with E-state index in [4.69, 9.17) is 34.8 Å². The van der Waals surface area contributed by atoms with Crippen LogP contribution >= 0.6 is 34.8 Å². The van der Waals surface area contributed by atoms with Gasteiger partial charge in [-0.1, -0.05) is 40.9 Å². The maximum absolute atomic E-state index is 13.3. The van der Waals surface area contributed by atoms with Crippen LogP contribution in [0.15, 0.2) is 36.4 Å². The predicted octanol–water partition coefficient (Wildman–Crippen LogP) is 6.55. The minimum atomic E-state index is -4.52. The van der Waals surface area contributed by atoms with E-state index in [0.29, 0.717) is 41.5 Å². The second-order valence-electron chi connectivity index (χ2n) is 6.95. The Kier molecular flexibility index (Phi) is 6.68. The molecule has 2 aromatic rings. The van der Waals surface area contributed by atoms with E-state index in [2.05, 4.69) is 0 Å². The molecule has 0 aromatic heterocycles. The van der Waals surface area contributed by atoms with Gasteiger partial charge in [0, 0.05) is 15.1 Å². The van der Waals surface area contributed by atoms with Crippen LogP contribution in [0.5, 0.6) is 0 Å². The normalized spacial score (nSPS) is 17.3. The van der Waals surface area contributed by atoms with Crippen molar-refractivity contribution in [1.29, 1.82) is 0 Å². The monoisotopic (exact) mass is 465 g/mol. The molecular formula is C20H17Cl3F3NO2. The Bertz CT molecular complexity index is 912. The number of carbonyl (C=O) groups is 1. The molecule has 1 saturated heterocycles. The first-order valence-corrected chi connectivity index (χ1v) is 9.99. The molecule has 1 heterocycles. The summed E-state index contributed by atoms with van der Waals surface area (Å²) in [4.78, 5) is 13.2. The SMILES string of the molecule is O=C(O)C1CCN(C(c2ccc(Cl)cc2Cl)c2cc(C(F)(F)F)ccc2Cl)CC1. The van der Waals surface area contributed by atoms with Gasteiger partial charge in [-0.2, -0.15) is 13.2 Å². The molecule has 1 atom stereocenters. The van der Waals surface area contributed by atoms with E-state index in [1.54, 1.807) is 12.1 Å². The zero-order chi connectivity index (χ0) is 21.3. The molecule has 0 radical (unpaired) electrons. The van der Waals surface area contributed by atoms with Crippen molar-refractivity contribution in [3.63, 3.8) is 0 Å². The van der Waals surface area contributed by atoms with Crippen LogP contribution in [0.2, 0.25) is 15.1 Å². The fourth-order valence-electron chi connectivity index (χ4n) is 3.62. The molecule has 1 N–H and O–H groups in total. The minimum absolute atomic E-state index is 0.175. The van der Waals surface area contributed by atoms with E-state index in [1.807, 2.05) is 4.90 Å². The van der Waals surface area contributed by atoms with Gasteiger partial charge in [-0.05, 0) is 67.4 Å². The number of hydrogen-bond acceptors (Lipinski definition) is 2. The van der Waals surface area contributed by atoms with Crippen LogP contribution in [0.4, 0.5) is 13.2 Å². The highest BCUT2D eigenvalue weighted by Crippen LogP contribution is 2.41. The quantitative estimate of drug-likeness (QED) is 0.555. The Balaban J connectivity index is 2.08. The molecule has 2 aromatic carbocycles. The first-order chi connectivity index (χ1) is 13.6. The summed E-state index contributed by atoms with van der Waals surface area (Å²) in [5.41, 5.74) is 0.0120. The Morgan fingerprint density at radius 2 is 1.66 bits per heavy atom. The molecule has 1 aliphatic heterocycles. The van der Waals surface area contributed by atoms with E-state index in [1.165, 1.54) is 12.1 Å². The third-order valence-corrected chi connectivity index (χ3v) is 6.03. The summed E-state index contributed by atoms with van der Waals surface area (Å²) in [5.74, 6) is -1.35. The van der Waals surface area contributed by atoms with E-state index in [0.717, 1.165) is 12.1 Å². The van der Waals surface area contributed by atoms with E-state index < -0.39 is 29.7 Å². The third kappa shape index (κ3) is 5.00. The molecule has 0 saturated carbocycles. The third-order valence-electron chi connectivity index (χ3n) is 5.12. The first kappa shape index (κ1) is 22.2. The topological polar surface area (TPSA) is 40.5 Å².